The summed E-state index contributed by atoms with van der Waals surface area (Å²) in [6.45, 7) is 1.65. The number of rotatable bonds is 6. The quantitative estimate of drug-likeness (QED) is 0.760. The summed E-state index contributed by atoms with van der Waals surface area (Å²) in [5.41, 5.74) is 4.60. The van der Waals surface area contributed by atoms with Gasteiger partial charge < -0.3 is 5.32 Å². The summed E-state index contributed by atoms with van der Waals surface area (Å²) >= 11 is 0. The topological polar surface area (TPSA) is 42.7 Å². The van der Waals surface area contributed by atoms with Crippen molar-refractivity contribution in [3.8, 4) is 11.3 Å². The third-order valence-corrected chi connectivity index (χ3v) is 4.12. The lowest BCUT2D eigenvalue weighted by Gasteiger charge is -2.03. The Morgan fingerprint density at radius 2 is 1.96 bits per heavy atom. The maximum Gasteiger partial charge on any atom is 0.0983 e. The van der Waals surface area contributed by atoms with E-state index in [-0.39, 0.29) is 0 Å². The molecule has 1 fully saturated rings. The molecule has 23 heavy (non-hydrogen) atoms. The minimum atomic E-state index is 0.689. The highest BCUT2D eigenvalue weighted by atomic mass is 15.3. The molecule has 4 rings (SSSR count). The first-order valence-corrected chi connectivity index (χ1v) is 8.12. The Hall–Kier alpha value is -2.46. The summed E-state index contributed by atoms with van der Waals surface area (Å²) < 4.78 is 2.03. The van der Waals surface area contributed by atoms with E-state index in [9.17, 15) is 0 Å². The first-order chi connectivity index (χ1) is 11.4. The van der Waals surface area contributed by atoms with Gasteiger partial charge in [0.05, 0.1) is 12.2 Å². The van der Waals surface area contributed by atoms with Gasteiger partial charge >= 0.3 is 0 Å². The number of nitrogens with zero attached hydrogens (tertiary/aromatic N) is 3. The van der Waals surface area contributed by atoms with E-state index < -0.39 is 0 Å². The zero-order valence-corrected chi connectivity index (χ0v) is 13.0. The number of nitrogens with one attached hydrogen (secondary N) is 1. The predicted octanol–water partition coefficient (Wildman–Crippen LogP) is 3.25. The summed E-state index contributed by atoms with van der Waals surface area (Å²) in [4.78, 5) is 4.23. The molecule has 2 aromatic heterocycles. The van der Waals surface area contributed by atoms with Gasteiger partial charge in [-0.25, -0.2) is 0 Å². The average molecular weight is 304 g/mol. The summed E-state index contributed by atoms with van der Waals surface area (Å²) in [5.74, 6) is 0. The van der Waals surface area contributed by atoms with Crippen LogP contribution in [0.3, 0.4) is 0 Å². The van der Waals surface area contributed by atoms with Crippen LogP contribution in [0.4, 0.5) is 0 Å². The molecule has 0 radical (unpaired) electrons. The van der Waals surface area contributed by atoms with Gasteiger partial charge in [0.2, 0.25) is 0 Å². The maximum atomic E-state index is 4.81. The summed E-state index contributed by atoms with van der Waals surface area (Å²) in [6.07, 6.45) is 8.42. The summed E-state index contributed by atoms with van der Waals surface area (Å²) in [7, 11) is 0. The van der Waals surface area contributed by atoms with Crippen LogP contribution in [0.5, 0.6) is 0 Å². The number of hydrogen-bond donors (Lipinski definition) is 1. The molecule has 0 saturated heterocycles. The largest absolute Gasteiger partial charge is 0.310 e. The van der Waals surface area contributed by atoms with Crippen LogP contribution in [0.25, 0.3) is 11.3 Å². The molecule has 3 aromatic rings. The van der Waals surface area contributed by atoms with Gasteiger partial charge in [0.25, 0.3) is 0 Å². The lowest BCUT2D eigenvalue weighted by Crippen LogP contribution is -2.15. The number of benzene rings is 1. The second-order valence-electron chi connectivity index (χ2n) is 6.08. The Bertz CT molecular complexity index is 761. The molecular formula is C19H20N4. The third-order valence-electron chi connectivity index (χ3n) is 4.12. The molecule has 1 aromatic carbocycles. The molecule has 116 valence electrons. The second kappa shape index (κ2) is 6.34. The van der Waals surface area contributed by atoms with Crippen LogP contribution >= 0.6 is 0 Å². The zero-order chi connectivity index (χ0) is 15.5. The highest BCUT2D eigenvalue weighted by Gasteiger charge is 2.21. The van der Waals surface area contributed by atoms with Gasteiger partial charge in [-0.2, -0.15) is 5.10 Å². The normalized spacial score (nSPS) is 14.1. The fourth-order valence-electron chi connectivity index (χ4n) is 2.73. The maximum absolute atomic E-state index is 4.81. The first-order valence-electron chi connectivity index (χ1n) is 8.12. The van der Waals surface area contributed by atoms with Gasteiger partial charge in [-0.3, -0.25) is 9.67 Å². The summed E-state index contributed by atoms with van der Waals surface area (Å²) in [6, 6.07) is 15.2. The zero-order valence-electron chi connectivity index (χ0n) is 13.0. The van der Waals surface area contributed by atoms with E-state index in [2.05, 4.69) is 46.8 Å². The van der Waals surface area contributed by atoms with Gasteiger partial charge in [0.1, 0.15) is 0 Å². The Morgan fingerprint density at radius 1 is 1.09 bits per heavy atom. The highest BCUT2D eigenvalue weighted by Crippen LogP contribution is 2.24. The van der Waals surface area contributed by atoms with Gasteiger partial charge in [0.15, 0.2) is 0 Å². The molecule has 0 atom stereocenters. The SMILES string of the molecule is c1ccc(Cn2cc(CNC3CC3)c(-c3cccnc3)n2)cc1. The van der Waals surface area contributed by atoms with E-state index in [4.69, 9.17) is 5.10 Å². The van der Waals surface area contributed by atoms with Crippen molar-refractivity contribution in [2.24, 2.45) is 0 Å². The van der Waals surface area contributed by atoms with Crippen LogP contribution in [0.15, 0.2) is 61.1 Å². The fraction of sp³-hybridized carbons (Fsp3) is 0.263. The third kappa shape index (κ3) is 3.48. The number of aromatic nitrogens is 3. The van der Waals surface area contributed by atoms with E-state index in [0.717, 1.165) is 24.3 Å². The average Bonchev–Trinajstić information content (AvgIpc) is 3.35. The molecule has 4 heteroatoms. The van der Waals surface area contributed by atoms with Crippen molar-refractivity contribution < 1.29 is 0 Å². The van der Waals surface area contributed by atoms with Crippen LogP contribution in [0.1, 0.15) is 24.0 Å². The van der Waals surface area contributed by atoms with Crippen molar-refractivity contribution in [3.63, 3.8) is 0 Å². The fourth-order valence-corrected chi connectivity index (χ4v) is 2.73. The Morgan fingerprint density at radius 3 is 2.70 bits per heavy atom. The van der Waals surface area contributed by atoms with Gasteiger partial charge in [-0.05, 0) is 30.5 Å². The monoisotopic (exact) mass is 304 g/mol. The van der Waals surface area contributed by atoms with E-state index in [1.54, 1.807) is 6.20 Å². The van der Waals surface area contributed by atoms with Crippen molar-refractivity contribution in [2.45, 2.75) is 32.0 Å². The molecule has 0 amide bonds. The second-order valence-corrected chi connectivity index (χ2v) is 6.08. The molecule has 2 heterocycles. The lowest BCUT2D eigenvalue weighted by atomic mass is 10.1. The van der Waals surface area contributed by atoms with E-state index in [1.165, 1.54) is 24.0 Å². The van der Waals surface area contributed by atoms with Gasteiger partial charge in [0, 0.05) is 42.3 Å². The van der Waals surface area contributed by atoms with Crippen LogP contribution in [0, 0.1) is 0 Å². The van der Waals surface area contributed by atoms with Crippen molar-refractivity contribution in [3.05, 3.63) is 72.2 Å². The van der Waals surface area contributed by atoms with Crippen molar-refractivity contribution in [1.29, 1.82) is 0 Å². The van der Waals surface area contributed by atoms with Crippen LogP contribution in [-0.4, -0.2) is 20.8 Å². The molecule has 0 spiro atoms. The minimum Gasteiger partial charge on any atom is -0.310 e. The van der Waals surface area contributed by atoms with Gasteiger partial charge in [-0.1, -0.05) is 30.3 Å². The van der Waals surface area contributed by atoms with E-state index in [0.29, 0.717) is 6.04 Å². The molecule has 1 saturated carbocycles. The predicted molar refractivity (Wildman–Crippen MR) is 90.9 cm³/mol. The van der Waals surface area contributed by atoms with Gasteiger partial charge in [-0.15, -0.1) is 0 Å². The molecule has 1 aliphatic carbocycles. The summed E-state index contributed by atoms with van der Waals surface area (Å²) in [5, 5.41) is 8.40. The molecule has 0 bridgehead atoms. The van der Waals surface area contributed by atoms with Crippen molar-refractivity contribution in [2.75, 3.05) is 0 Å². The van der Waals surface area contributed by atoms with Crippen LogP contribution in [0.2, 0.25) is 0 Å². The van der Waals surface area contributed by atoms with E-state index in [1.807, 2.05) is 23.0 Å². The van der Waals surface area contributed by atoms with Crippen molar-refractivity contribution >= 4 is 0 Å². The number of pyridine rings is 1. The molecule has 4 nitrogen and oxygen atoms in total. The number of hydrogen-bond acceptors (Lipinski definition) is 3. The van der Waals surface area contributed by atoms with Crippen LogP contribution < -0.4 is 5.32 Å². The molecule has 0 unspecified atom stereocenters. The molecule has 0 aliphatic heterocycles. The standard InChI is InChI=1S/C19H20N4/c1-2-5-15(6-3-1)13-23-14-17(12-21-18-8-9-18)19(22-23)16-7-4-10-20-11-16/h1-7,10-11,14,18,21H,8-9,12-13H2. The molecule has 1 N–H and O–H groups in total. The highest BCUT2D eigenvalue weighted by molar-refractivity contribution is 5.61. The lowest BCUT2D eigenvalue weighted by molar-refractivity contribution is 0.675. The van der Waals surface area contributed by atoms with E-state index >= 15 is 0 Å². The molecular weight excluding hydrogens is 284 g/mol. The smallest absolute Gasteiger partial charge is 0.0983 e. The minimum absolute atomic E-state index is 0.689. The van der Waals surface area contributed by atoms with Crippen LogP contribution in [-0.2, 0) is 13.1 Å². The Balaban J connectivity index is 1.62. The Kier molecular flexibility index (Phi) is 3.90. The first kappa shape index (κ1) is 14.2. The Labute approximate surface area is 136 Å². The molecule has 1 aliphatic rings. The van der Waals surface area contributed by atoms with Crippen molar-refractivity contribution in [1.82, 2.24) is 20.1 Å².